The summed E-state index contributed by atoms with van der Waals surface area (Å²) in [6.07, 6.45) is 5.44. The van der Waals surface area contributed by atoms with Gasteiger partial charge in [-0.2, -0.15) is 13.1 Å². The first-order valence-electron chi connectivity index (χ1n) is 10.2. The molecule has 0 bridgehead atoms. The number of piperazine rings is 1. The number of pyridine rings is 1. The molecule has 2 aliphatic rings. The van der Waals surface area contributed by atoms with E-state index in [9.17, 15) is 22.0 Å². The summed E-state index contributed by atoms with van der Waals surface area (Å²) < 4.78 is 53.2. The van der Waals surface area contributed by atoms with Gasteiger partial charge < -0.3 is 4.90 Å². The number of alkyl halides is 2. The van der Waals surface area contributed by atoms with Crippen LogP contribution in [0.5, 0.6) is 0 Å². The highest BCUT2D eigenvalue weighted by Crippen LogP contribution is 2.29. The number of aromatic nitrogens is 1. The lowest BCUT2D eigenvalue weighted by Gasteiger charge is -2.34. The predicted octanol–water partition coefficient (Wildman–Crippen LogP) is 3.42. The Morgan fingerprint density at radius 2 is 1.74 bits per heavy atom. The zero-order valence-corrected chi connectivity index (χ0v) is 18.5. The Balaban J connectivity index is 1.46. The minimum Gasteiger partial charge on any atom is -0.336 e. The summed E-state index contributed by atoms with van der Waals surface area (Å²) in [7, 11) is -3.65. The molecule has 6 nitrogen and oxygen atoms in total. The van der Waals surface area contributed by atoms with Gasteiger partial charge in [0.05, 0.1) is 10.5 Å². The molecule has 1 fully saturated rings. The van der Waals surface area contributed by atoms with Gasteiger partial charge in [0.2, 0.25) is 10.0 Å². The van der Waals surface area contributed by atoms with Crippen LogP contribution >= 0.6 is 11.8 Å². The molecular formula is C21H23F2N3O3S2. The van der Waals surface area contributed by atoms with Crippen molar-refractivity contribution in [2.45, 2.75) is 41.4 Å². The van der Waals surface area contributed by atoms with E-state index in [1.54, 1.807) is 12.1 Å². The Bertz CT molecular complexity index is 1070. The van der Waals surface area contributed by atoms with Gasteiger partial charge in [-0.15, -0.1) is 0 Å². The van der Waals surface area contributed by atoms with Crippen molar-refractivity contribution in [2.24, 2.45) is 0 Å². The van der Waals surface area contributed by atoms with Gasteiger partial charge in [-0.05, 0) is 72.8 Å². The number of fused-ring (bicyclic) bond motifs is 1. The number of thioether (sulfide) groups is 1. The molecule has 1 aromatic heterocycles. The van der Waals surface area contributed by atoms with Crippen molar-refractivity contribution in [1.82, 2.24) is 14.2 Å². The molecule has 0 atom stereocenters. The summed E-state index contributed by atoms with van der Waals surface area (Å²) in [5.74, 6) is -3.10. The van der Waals surface area contributed by atoms with Gasteiger partial charge in [0.25, 0.3) is 11.7 Å². The van der Waals surface area contributed by atoms with E-state index < -0.39 is 21.7 Å². The van der Waals surface area contributed by atoms with E-state index >= 15 is 0 Å². The molecule has 2 aromatic rings. The number of nitrogens with zero attached hydrogens (tertiary/aromatic N) is 3. The largest absolute Gasteiger partial charge is 0.336 e. The van der Waals surface area contributed by atoms with Gasteiger partial charge in [0, 0.05) is 32.4 Å². The quantitative estimate of drug-likeness (QED) is 0.631. The van der Waals surface area contributed by atoms with Gasteiger partial charge in [-0.25, -0.2) is 13.4 Å². The molecule has 0 spiro atoms. The molecule has 0 N–H and O–H groups in total. The summed E-state index contributed by atoms with van der Waals surface area (Å²) in [5.41, 5.74) is 2.43. The topological polar surface area (TPSA) is 70.6 Å². The molecule has 10 heteroatoms. The number of sulfonamides is 1. The van der Waals surface area contributed by atoms with Crippen LogP contribution in [-0.4, -0.2) is 60.5 Å². The Morgan fingerprint density at radius 1 is 1.03 bits per heavy atom. The van der Waals surface area contributed by atoms with Crippen molar-refractivity contribution in [3.8, 4) is 0 Å². The van der Waals surface area contributed by atoms with Gasteiger partial charge in [-0.1, -0.05) is 6.07 Å². The number of hydrogen-bond donors (Lipinski definition) is 0. The van der Waals surface area contributed by atoms with Crippen molar-refractivity contribution < 1.29 is 22.0 Å². The molecule has 1 aromatic carbocycles. The van der Waals surface area contributed by atoms with Crippen LogP contribution in [0.25, 0.3) is 0 Å². The lowest BCUT2D eigenvalue weighted by Crippen LogP contribution is -2.50. The van der Waals surface area contributed by atoms with E-state index in [2.05, 4.69) is 4.98 Å². The lowest BCUT2D eigenvalue weighted by atomic mass is 9.92. The number of amides is 1. The summed E-state index contributed by atoms with van der Waals surface area (Å²) in [6.45, 7) is 0.693. The zero-order valence-electron chi connectivity index (χ0n) is 16.8. The molecule has 1 saturated heterocycles. The second kappa shape index (κ2) is 9.22. The average Bonchev–Trinajstić information content (AvgIpc) is 2.78. The van der Waals surface area contributed by atoms with Crippen LogP contribution in [0.3, 0.4) is 0 Å². The Hall–Kier alpha value is -2.04. The molecule has 2 heterocycles. The molecule has 0 saturated carbocycles. The summed E-state index contributed by atoms with van der Waals surface area (Å²) in [5, 5.41) is -0.0217. The van der Waals surface area contributed by atoms with Crippen LogP contribution in [0.15, 0.2) is 46.5 Å². The molecule has 166 valence electrons. The monoisotopic (exact) mass is 467 g/mol. The molecule has 1 aliphatic carbocycles. The molecule has 31 heavy (non-hydrogen) atoms. The second-order valence-corrected chi connectivity index (χ2v) is 10.5. The molecule has 0 radical (unpaired) electrons. The molecule has 1 aliphatic heterocycles. The van der Waals surface area contributed by atoms with E-state index in [0.717, 1.165) is 31.2 Å². The van der Waals surface area contributed by atoms with Crippen LogP contribution in [0.1, 0.15) is 34.3 Å². The van der Waals surface area contributed by atoms with E-state index in [1.807, 2.05) is 6.07 Å². The first-order chi connectivity index (χ1) is 14.9. The Kier molecular flexibility index (Phi) is 6.59. The fraction of sp³-hybridized carbons (Fsp3) is 0.429. The molecular weight excluding hydrogens is 444 g/mol. The van der Waals surface area contributed by atoms with Gasteiger partial charge in [-0.3, -0.25) is 4.79 Å². The van der Waals surface area contributed by atoms with Crippen LogP contribution in [0, 0.1) is 0 Å². The summed E-state index contributed by atoms with van der Waals surface area (Å²) >= 11 is 0.232. The smallest absolute Gasteiger partial charge is 0.290 e. The van der Waals surface area contributed by atoms with Crippen molar-refractivity contribution in [1.29, 1.82) is 0 Å². The second-order valence-electron chi connectivity index (χ2n) is 7.57. The maximum Gasteiger partial charge on any atom is 0.290 e. The minimum atomic E-state index is -3.65. The van der Waals surface area contributed by atoms with Crippen molar-refractivity contribution in [3.63, 3.8) is 0 Å². The number of hydrogen-bond acceptors (Lipinski definition) is 5. The lowest BCUT2D eigenvalue weighted by molar-refractivity contribution is 0.0693. The van der Waals surface area contributed by atoms with Crippen LogP contribution < -0.4 is 0 Å². The fourth-order valence-corrected chi connectivity index (χ4v) is 6.10. The number of carbonyl (C=O) groups excluding carboxylic acids is 1. The number of benzene rings is 1. The van der Waals surface area contributed by atoms with Crippen molar-refractivity contribution in [3.05, 3.63) is 53.2 Å². The number of carbonyl (C=O) groups is 1. The van der Waals surface area contributed by atoms with Crippen molar-refractivity contribution >= 4 is 27.7 Å². The third kappa shape index (κ3) is 4.75. The first-order valence-corrected chi connectivity index (χ1v) is 12.5. The maximum absolute atomic E-state index is 13.1. The predicted molar refractivity (Wildman–Crippen MR) is 114 cm³/mol. The van der Waals surface area contributed by atoms with E-state index in [-0.39, 0.29) is 53.4 Å². The third-order valence-electron chi connectivity index (χ3n) is 5.69. The number of rotatable bonds is 5. The Morgan fingerprint density at radius 3 is 2.45 bits per heavy atom. The van der Waals surface area contributed by atoms with Gasteiger partial charge in [0.1, 0.15) is 5.03 Å². The molecule has 4 rings (SSSR count). The highest BCUT2D eigenvalue weighted by Gasteiger charge is 2.32. The number of halogens is 2. The zero-order chi connectivity index (χ0) is 22.0. The third-order valence-corrected chi connectivity index (χ3v) is 8.31. The number of aryl methyl sites for hydroxylation is 2. The van der Waals surface area contributed by atoms with Gasteiger partial charge in [0.15, 0.2) is 0 Å². The SMILES string of the molecule is O=C(c1cccnc1SC(F)F)N1CCN(S(=O)(=O)c2ccc3c(c2)CCCC3)CC1. The van der Waals surface area contributed by atoms with Crippen molar-refractivity contribution in [2.75, 3.05) is 26.2 Å². The highest BCUT2D eigenvalue weighted by atomic mass is 32.2. The van der Waals surface area contributed by atoms with Crippen LogP contribution in [0.4, 0.5) is 8.78 Å². The molecule has 0 unspecified atom stereocenters. The molecule has 1 amide bonds. The highest BCUT2D eigenvalue weighted by molar-refractivity contribution is 7.99. The average molecular weight is 468 g/mol. The Labute approximate surface area is 184 Å². The first kappa shape index (κ1) is 22.2. The minimum absolute atomic E-state index is 0.0217. The fourth-order valence-electron chi connectivity index (χ4n) is 4.05. The van der Waals surface area contributed by atoms with E-state index in [0.29, 0.717) is 0 Å². The van der Waals surface area contributed by atoms with E-state index in [1.165, 1.54) is 33.1 Å². The summed E-state index contributed by atoms with van der Waals surface area (Å²) in [4.78, 5) is 18.5. The standard InChI is InChI=1S/C21H23F2N3O3S2/c22-21(23)30-19-18(6-3-9-24-19)20(27)25-10-12-26(13-11-25)31(28,29)17-8-7-15-4-1-2-5-16(15)14-17/h3,6-9,14,21H,1-2,4-5,10-13H2. The maximum atomic E-state index is 13.1. The normalized spacial score (nSPS) is 17.6. The van der Waals surface area contributed by atoms with Gasteiger partial charge >= 0.3 is 0 Å². The van der Waals surface area contributed by atoms with Crippen LogP contribution in [0.2, 0.25) is 0 Å². The summed E-state index contributed by atoms with van der Waals surface area (Å²) in [6, 6.07) is 8.35. The van der Waals surface area contributed by atoms with E-state index in [4.69, 9.17) is 0 Å². The van der Waals surface area contributed by atoms with Crippen LogP contribution in [-0.2, 0) is 22.9 Å².